The maximum Gasteiger partial charge on any atom is 0.260 e. The number of rotatable bonds is 3. The van der Waals surface area contributed by atoms with Gasteiger partial charge in [-0.25, -0.2) is 4.98 Å². The Kier molecular flexibility index (Phi) is 5.43. The van der Waals surface area contributed by atoms with Crippen molar-refractivity contribution in [3.8, 4) is 11.5 Å². The fraction of sp³-hybridized carbons (Fsp3) is 0.348. The van der Waals surface area contributed by atoms with Crippen LogP contribution >= 0.6 is 22.9 Å². The Morgan fingerprint density at radius 1 is 1.22 bits per heavy atom. The van der Waals surface area contributed by atoms with Crippen LogP contribution in [0.2, 0.25) is 5.02 Å². The van der Waals surface area contributed by atoms with Crippen molar-refractivity contribution in [2.24, 2.45) is 0 Å². The first-order valence-corrected chi connectivity index (χ1v) is 11.7. The SMILES string of the molecule is Cc1sc2nc(C(=Cc3cc(Cl)c4c(c3)OCCO4)C(=O)N3CCCC3)[nH]c(=O)c2c1C. The first-order chi connectivity index (χ1) is 15.4. The van der Waals surface area contributed by atoms with Crippen LogP contribution in [-0.4, -0.2) is 47.1 Å². The van der Waals surface area contributed by atoms with Gasteiger partial charge in [-0.15, -0.1) is 11.3 Å². The summed E-state index contributed by atoms with van der Waals surface area (Å²) in [6.45, 7) is 6.10. The number of aromatic nitrogens is 2. The average molecular weight is 472 g/mol. The highest BCUT2D eigenvalue weighted by Gasteiger charge is 2.26. The van der Waals surface area contributed by atoms with Gasteiger partial charge < -0.3 is 19.4 Å². The third-order valence-electron chi connectivity index (χ3n) is 5.85. The topological polar surface area (TPSA) is 84.5 Å². The van der Waals surface area contributed by atoms with E-state index in [1.807, 2.05) is 13.8 Å². The Morgan fingerprint density at radius 2 is 1.97 bits per heavy atom. The number of amides is 1. The summed E-state index contributed by atoms with van der Waals surface area (Å²) in [6, 6.07) is 3.51. The lowest BCUT2D eigenvalue weighted by molar-refractivity contribution is -0.123. The molecular weight excluding hydrogens is 450 g/mol. The maximum absolute atomic E-state index is 13.5. The number of thiophene rings is 1. The zero-order valence-electron chi connectivity index (χ0n) is 17.8. The number of carbonyl (C=O) groups is 1. The number of ether oxygens (including phenoxy) is 2. The molecule has 1 N–H and O–H groups in total. The number of aromatic amines is 1. The normalized spacial score (nSPS) is 16.1. The number of fused-ring (bicyclic) bond motifs is 2. The molecule has 1 aromatic carbocycles. The zero-order valence-corrected chi connectivity index (χ0v) is 19.4. The number of hydrogen-bond acceptors (Lipinski definition) is 6. The summed E-state index contributed by atoms with van der Waals surface area (Å²) in [4.78, 5) is 37.3. The van der Waals surface area contributed by atoms with Crippen LogP contribution in [0.1, 0.15) is 34.7 Å². The number of nitrogens with one attached hydrogen (secondary N) is 1. The van der Waals surface area contributed by atoms with Gasteiger partial charge in [0.15, 0.2) is 11.5 Å². The summed E-state index contributed by atoms with van der Waals surface area (Å²) in [6.07, 6.45) is 3.63. The quantitative estimate of drug-likeness (QED) is 0.579. The van der Waals surface area contributed by atoms with Gasteiger partial charge in [0.05, 0.1) is 16.0 Å². The van der Waals surface area contributed by atoms with Crippen LogP contribution < -0.4 is 15.0 Å². The Morgan fingerprint density at radius 3 is 2.75 bits per heavy atom. The molecule has 2 aliphatic rings. The molecule has 3 aromatic rings. The molecule has 0 bridgehead atoms. The molecule has 1 saturated heterocycles. The highest BCUT2D eigenvalue weighted by molar-refractivity contribution is 7.18. The Balaban J connectivity index is 1.67. The third kappa shape index (κ3) is 3.67. The van der Waals surface area contributed by atoms with Crippen LogP contribution in [0.5, 0.6) is 11.5 Å². The molecule has 4 heterocycles. The van der Waals surface area contributed by atoms with E-state index in [9.17, 15) is 9.59 Å². The molecular formula is C23H22ClN3O4S. The summed E-state index contributed by atoms with van der Waals surface area (Å²) in [5.41, 5.74) is 1.66. The second-order valence-electron chi connectivity index (χ2n) is 7.96. The van der Waals surface area contributed by atoms with Crippen molar-refractivity contribution in [1.29, 1.82) is 0 Å². The summed E-state index contributed by atoms with van der Waals surface area (Å²) < 4.78 is 11.3. The number of halogens is 1. The molecule has 9 heteroatoms. The molecule has 1 amide bonds. The van der Waals surface area contributed by atoms with E-state index >= 15 is 0 Å². The van der Waals surface area contributed by atoms with Gasteiger partial charge in [-0.2, -0.15) is 0 Å². The van der Waals surface area contributed by atoms with E-state index in [1.165, 1.54) is 11.3 Å². The van der Waals surface area contributed by atoms with Gasteiger partial charge in [-0.3, -0.25) is 9.59 Å². The molecule has 2 aromatic heterocycles. The predicted octanol–water partition coefficient (Wildman–Crippen LogP) is 4.19. The Hall–Kier alpha value is -2.84. The van der Waals surface area contributed by atoms with Gasteiger partial charge in [0.1, 0.15) is 23.9 Å². The number of nitrogens with zero attached hydrogens (tertiary/aromatic N) is 2. The smallest absolute Gasteiger partial charge is 0.260 e. The van der Waals surface area contributed by atoms with E-state index in [0.717, 1.165) is 23.3 Å². The van der Waals surface area contributed by atoms with Crippen molar-refractivity contribution >= 4 is 50.7 Å². The lowest BCUT2D eigenvalue weighted by Gasteiger charge is -2.20. The van der Waals surface area contributed by atoms with Gasteiger partial charge in [-0.05, 0) is 56.0 Å². The minimum atomic E-state index is -0.243. The van der Waals surface area contributed by atoms with E-state index in [0.29, 0.717) is 64.2 Å². The van der Waals surface area contributed by atoms with Crippen molar-refractivity contribution in [2.75, 3.05) is 26.3 Å². The van der Waals surface area contributed by atoms with E-state index in [-0.39, 0.29) is 17.3 Å². The van der Waals surface area contributed by atoms with Gasteiger partial charge in [0.2, 0.25) is 0 Å². The fourth-order valence-corrected chi connectivity index (χ4v) is 5.39. The summed E-state index contributed by atoms with van der Waals surface area (Å²) >= 11 is 7.86. The van der Waals surface area contributed by atoms with Crippen LogP contribution in [0, 0.1) is 13.8 Å². The third-order valence-corrected chi connectivity index (χ3v) is 7.23. The first-order valence-electron chi connectivity index (χ1n) is 10.5. The monoisotopic (exact) mass is 471 g/mol. The molecule has 0 aliphatic carbocycles. The van der Waals surface area contributed by atoms with Crippen LogP contribution in [0.15, 0.2) is 16.9 Å². The van der Waals surface area contributed by atoms with Crippen molar-refractivity contribution in [3.05, 3.63) is 49.3 Å². The molecule has 32 heavy (non-hydrogen) atoms. The lowest BCUT2D eigenvalue weighted by Crippen LogP contribution is -2.29. The Labute approximate surface area is 193 Å². The zero-order chi connectivity index (χ0) is 22.4. The molecule has 0 unspecified atom stereocenters. The van der Waals surface area contributed by atoms with Gasteiger partial charge in [-0.1, -0.05) is 11.6 Å². The molecule has 0 radical (unpaired) electrons. The lowest BCUT2D eigenvalue weighted by atomic mass is 10.1. The van der Waals surface area contributed by atoms with Crippen molar-refractivity contribution in [2.45, 2.75) is 26.7 Å². The number of H-pyrrole nitrogens is 1. The van der Waals surface area contributed by atoms with Gasteiger partial charge in [0.25, 0.3) is 11.5 Å². The first kappa shape index (κ1) is 21.0. The standard InChI is InChI=1S/C23H22ClN3O4S/c1-12-13(2)32-22-18(12)21(28)25-20(26-22)15(23(29)27-5-3-4-6-27)9-14-10-16(24)19-17(11-14)30-7-8-31-19/h9-11H,3-8H2,1-2H3,(H,25,26,28). The molecule has 7 nitrogen and oxygen atoms in total. The van der Waals surface area contributed by atoms with Crippen LogP contribution in [0.4, 0.5) is 0 Å². The number of likely N-dealkylation sites (tertiary alicyclic amines) is 1. The van der Waals surface area contributed by atoms with E-state index < -0.39 is 0 Å². The molecule has 2 aliphatic heterocycles. The number of benzene rings is 1. The summed E-state index contributed by atoms with van der Waals surface area (Å²) in [7, 11) is 0. The van der Waals surface area contributed by atoms with Crippen LogP contribution in [0.3, 0.4) is 0 Å². The highest BCUT2D eigenvalue weighted by Crippen LogP contribution is 2.39. The molecule has 1 fully saturated rings. The van der Waals surface area contributed by atoms with Crippen LogP contribution in [0.25, 0.3) is 21.9 Å². The van der Waals surface area contributed by atoms with Gasteiger partial charge in [0, 0.05) is 18.0 Å². The molecule has 166 valence electrons. The highest BCUT2D eigenvalue weighted by atomic mass is 35.5. The predicted molar refractivity (Wildman–Crippen MR) is 126 cm³/mol. The molecule has 0 saturated carbocycles. The molecule has 0 atom stereocenters. The van der Waals surface area contributed by atoms with E-state index in [4.69, 9.17) is 21.1 Å². The fourth-order valence-electron chi connectivity index (χ4n) is 4.09. The number of carbonyl (C=O) groups excluding carboxylic acids is 1. The molecule has 5 rings (SSSR count). The van der Waals surface area contributed by atoms with E-state index in [1.54, 1.807) is 23.1 Å². The summed E-state index contributed by atoms with van der Waals surface area (Å²) in [5.74, 6) is 1.12. The minimum Gasteiger partial charge on any atom is -0.486 e. The van der Waals surface area contributed by atoms with Crippen LogP contribution in [-0.2, 0) is 4.79 Å². The average Bonchev–Trinajstić information content (AvgIpc) is 3.40. The minimum absolute atomic E-state index is 0.166. The largest absolute Gasteiger partial charge is 0.486 e. The number of aryl methyl sites for hydroxylation is 2. The second kappa shape index (κ2) is 8.26. The summed E-state index contributed by atoms with van der Waals surface area (Å²) in [5, 5.41) is 0.981. The second-order valence-corrected chi connectivity index (χ2v) is 9.57. The molecule has 0 spiro atoms. The number of hydrogen-bond donors (Lipinski definition) is 1. The van der Waals surface area contributed by atoms with Crippen molar-refractivity contribution < 1.29 is 14.3 Å². The van der Waals surface area contributed by atoms with Gasteiger partial charge >= 0.3 is 0 Å². The van der Waals surface area contributed by atoms with Crippen molar-refractivity contribution in [1.82, 2.24) is 14.9 Å². The van der Waals surface area contributed by atoms with E-state index in [2.05, 4.69) is 9.97 Å². The van der Waals surface area contributed by atoms with Crippen molar-refractivity contribution in [3.63, 3.8) is 0 Å². The Bertz CT molecular complexity index is 1320. The maximum atomic E-state index is 13.5.